The van der Waals surface area contributed by atoms with Gasteiger partial charge in [0.25, 0.3) is 0 Å². The molecule has 0 bridgehead atoms. The second-order valence-corrected chi connectivity index (χ2v) is 8.90. The van der Waals surface area contributed by atoms with E-state index in [1.165, 1.54) is 17.7 Å². The lowest BCUT2D eigenvalue weighted by atomic mass is 9.70. The Morgan fingerprint density at radius 1 is 1.19 bits per heavy atom. The Bertz CT molecular complexity index is 1080. The third kappa shape index (κ3) is 3.46. The summed E-state index contributed by atoms with van der Waals surface area (Å²) in [4.78, 5) is 14.1. The zero-order valence-corrected chi connectivity index (χ0v) is 18.3. The number of aromatic nitrogens is 4. The molecule has 1 unspecified atom stereocenters. The summed E-state index contributed by atoms with van der Waals surface area (Å²) in [5.41, 5.74) is 4.51. The van der Waals surface area contributed by atoms with Crippen LogP contribution in [-0.4, -0.2) is 32.6 Å². The number of halogens is 1. The Kier molecular flexibility index (Phi) is 4.91. The van der Waals surface area contributed by atoms with Crippen LogP contribution in [0.25, 0.3) is 0 Å². The molecule has 1 aromatic carbocycles. The number of benzene rings is 1. The molecule has 5 rings (SSSR count). The predicted octanol–water partition coefficient (Wildman–Crippen LogP) is 4.62. The van der Waals surface area contributed by atoms with Gasteiger partial charge in [0.15, 0.2) is 0 Å². The minimum atomic E-state index is -0.208. The van der Waals surface area contributed by atoms with E-state index in [1.807, 2.05) is 32.4 Å². The van der Waals surface area contributed by atoms with Gasteiger partial charge in [0, 0.05) is 36.3 Å². The van der Waals surface area contributed by atoms with E-state index >= 15 is 0 Å². The normalized spacial score (nSPS) is 24.5. The Morgan fingerprint density at radius 3 is 2.61 bits per heavy atom. The van der Waals surface area contributed by atoms with Crippen molar-refractivity contribution in [3.05, 3.63) is 65.1 Å². The topological polar surface area (TPSA) is 67.7 Å². The van der Waals surface area contributed by atoms with E-state index in [9.17, 15) is 4.39 Å². The summed E-state index contributed by atoms with van der Waals surface area (Å²) in [6, 6.07) is 7.14. The highest BCUT2D eigenvalue weighted by Gasteiger charge is 2.44. The second kappa shape index (κ2) is 7.62. The van der Waals surface area contributed by atoms with Crippen molar-refractivity contribution in [3.8, 4) is 0 Å². The minimum absolute atomic E-state index is 0.123. The maximum atomic E-state index is 13.4. The van der Waals surface area contributed by atoms with E-state index < -0.39 is 0 Å². The molecule has 0 saturated heterocycles. The van der Waals surface area contributed by atoms with Crippen LogP contribution in [0.2, 0.25) is 0 Å². The molecule has 0 amide bonds. The highest BCUT2D eigenvalue weighted by Crippen LogP contribution is 2.44. The van der Waals surface area contributed by atoms with Crippen LogP contribution >= 0.6 is 0 Å². The molecule has 2 aliphatic rings. The molecule has 162 valence electrons. The smallest absolute Gasteiger partial charge is 0.225 e. The van der Waals surface area contributed by atoms with Crippen molar-refractivity contribution in [2.45, 2.75) is 63.5 Å². The van der Waals surface area contributed by atoms with Crippen LogP contribution in [-0.2, 0) is 12.0 Å². The first-order valence-electron chi connectivity index (χ1n) is 11.1. The largest absolute Gasteiger partial charge is 0.373 e. The Balaban J connectivity index is 1.38. The first-order valence-corrected chi connectivity index (χ1v) is 11.1. The minimum Gasteiger partial charge on any atom is -0.373 e. The van der Waals surface area contributed by atoms with E-state index in [0.29, 0.717) is 12.0 Å². The van der Waals surface area contributed by atoms with Gasteiger partial charge in [-0.2, -0.15) is 4.98 Å². The van der Waals surface area contributed by atoms with Gasteiger partial charge in [-0.3, -0.25) is 0 Å². The molecule has 0 aliphatic heterocycles. The van der Waals surface area contributed by atoms with Gasteiger partial charge in [-0.25, -0.2) is 14.4 Å². The van der Waals surface area contributed by atoms with Crippen LogP contribution in [0.3, 0.4) is 0 Å². The number of rotatable bonds is 6. The van der Waals surface area contributed by atoms with Crippen molar-refractivity contribution >= 4 is 11.8 Å². The third-order valence-electron chi connectivity index (χ3n) is 7.06. The number of imidazole rings is 1. The molecular weight excluding hydrogens is 391 g/mol. The van der Waals surface area contributed by atoms with Crippen molar-refractivity contribution in [1.29, 1.82) is 0 Å². The van der Waals surface area contributed by atoms with Crippen molar-refractivity contribution in [3.63, 3.8) is 0 Å². The first kappa shape index (κ1) is 20.0. The lowest BCUT2D eigenvalue weighted by Gasteiger charge is -2.48. The van der Waals surface area contributed by atoms with Gasteiger partial charge in [0.2, 0.25) is 5.95 Å². The molecular formula is C24H29FN6. The summed E-state index contributed by atoms with van der Waals surface area (Å²) < 4.78 is 15.7. The number of fused-ring (bicyclic) bond motifs is 1. The van der Waals surface area contributed by atoms with E-state index in [1.54, 1.807) is 0 Å². The number of aryl methyl sites for hydroxylation is 1. The molecule has 2 N–H and O–H groups in total. The fourth-order valence-corrected chi connectivity index (χ4v) is 5.26. The van der Waals surface area contributed by atoms with Gasteiger partial charge in [-0.05, 0) is 56.7 Å². The van der Waals surface area contributed by atoms with Gasteiger partial charge in [0.1, 0.15) is 11.6 Å². The Morgan fingerprint density at radius 2 is 1.97 bits per heavy atom. The van der Waals surface area contributed by atoms with Crippen molar-refractivity contribution in [2.24, 2.45) is 0 Å². The van der Waals surface area contributed by atoms with E-state index in [0.717, 1.165) is 54.9 Å². The molecule has 1 atom stereocenters. The Labute approximate surface area is 182 Å². The quantitative estimate of drug-likeness (QED) is 0.609. The van der Waals surface area contributed by atoms with Crippen molar-refractivity contribution in [2.75, 3.05) is 17.7 Å². The van der Waals surface area contributed by atoms with Crippen LogP contribution in [0.15, 0.2) is 36.8 Å². The van der Waals surface area contributed by atoms with E-state index in [2.05, 4.69) is 33.3 Å². The first-order chi connectivity index (χ1) is 15.0. The highest BCUT2D eigenvalue weighted by molar-refractivity contribution is 5.55. The number of nitrogens with zero attached hydrogens (tertiary/aromatic N) is 4. The number of hydrogen-bond acceptors (Lipinski definition) is 5. The predicted molar refractivity (Wildman–Crippen MR) is 120 cm³/mol. The van der Waals surface area contributed by atoms with Crippen molar-refractivity contribution in [1.82, 2.24) is 19.5 Å². The van der Waals surface area contributed by atoms with Crippen LogP contribution in [0, 0.1) is 12.7 Å². The molecule has 1 fully saturated rings. The van der Waals surface area contributed by atoms with Gasteiger partial charge < -0.3 is 15.2 Å². The second-order valence-electron chi connectivity index (χ2n) is 8.90. The summed E-state index contributed by atoms with van der Waals surface area (Å²) >= 11 is 0. The molecule has 3 aromatic rings. The lowest BCUT2D eigenvalue weighted by molar-refractivity contribution is 0.118. The number of anilines is 2. The summed E-state index contributed by atoms with van der Waals surface area (Å²) in [5, 5.41) is 6.82. The maximum absolute atomic E-state index is 13.4. The molecule has 2 aliphatic carbocycles. The number of hydrogen-bond donors (Lipinski definition) is 2. The van der Waals surface area contributed by atoms with Gasteiger partial charge in [0.05, 0.1) is 17.7 Å². The molecule has 0 spiro atoms. The van der Waals surface area contributed by atoms with Crippen LogP contribution in [0.4, 0.5) is 16.2 Å². The van der Waals surface area contributed by atoms with Gasteiger partial charge in [-0.1, -0.05) is 19.1 Å². The summed E-state index contributed by atoms with van der Waals surface area (Å²) in [6.45, 7) is 4.27. The lowest BCUT2D eigenvalue weighted by Crippen LogP contribution is -2.51. The van der Waals surface area contributed by atoms with Crippen LogP contribution in [0.1, 0.15) is 61.0 Å². The highest BCUT2D eigenvalue weighted by atomic mass is 19.1. The fourth-order valence-electron chi connectivity index (χ4n) is 5.26. The molecule has 6 nitrogen and oxygen atoms in total. The maximum Gasteiger partial charge on any atom is 0.225 e. The molecule has 31 heavy (non-hydrogen) atoms. The van der Waals surface area contributed by atoms with Gasteiger partial charge in [-0.15, -0.1) is 0 Å². The average Bonchev–Trinajstić information content (AvgIpc) is 3.37. The molecule has 2 heterocycles. The van der Waals surface area contributed by atoms with Crippen LogP contribution in [0.5, 0.6) is 0 Å². The molecule has 0 radical (unpaired) electrons. The SMILES string of the molecule is CCC1(n2cnc(C)c2)CC(Nc2nc(NC)c3c(n2)C(c2ccc(F)cc2)CC3)C1. The zero-order valence-electron chi connectivity index (χ0n) is 18.3. The number of nitrogens with one attached hydrogen (secondary N) is 2. The zero-order chi connectivity index (χ0) is 21.6. The summed E-state index contributed by atoms with van der Waals surface area (Å²) in [7, 11) is 1.91. The van der Waals surface area contributed by atoms with E-state index in [4.69, 9.17) is 9.97 Å². The van der Waals surface area contributed by atoms with Gasteiger partial charge >= 0.3 is 0 Å². The summed E-state index contributed by atoms with van der Waals surface area (Å²) in [5.74, 6) is 1.54. The molecule has 2 aromatic heterocycles. The standard InChI is InChI=1S/C24H29FN6/c1-4-24(31-13-15(2)27-14-31)11-18(12-24)28-23-29-21-19(16-5-7-17(25)8-6-16)9-10-20(21)22(26-3)30-23/h5-8,13-14,18-19H,4,9-12H2,1-3H3,(H2,26,28,29,30). The molecule has 1 saturated carbocycles. The van der Waals surface area contributed by atoms with Crippen molar-refractivity contribution < 1.29 is 4.39 Å². The van der Waals surface area contributed by atoms with E-state index in [-0.39, 0.29) is 17.3 Å². The fraction of sp³-hybridized carbons (Fsp3) is 0.458. The Hall–Kier alpha value is -2.96. The third-order valence-corrected chi connectivity index (χ3v) is 7.06. The molecule has 7 heteroatoms. The average molecular weight is 421 g/mol. The summed E-state index contributed by atoms with van der Waals surface area (Å²) in [6.07, 6.45) is 9.10. The monoisotopic (exact) mass is 420 g/mol. The van der Waals surface area contributed by atoms with Crippen LogP contribution < -0.4 is 10.6 Å².